The third-order valence-electron chi connectivity index (χ3n) is 4.04. The minimum atomic E-state index is -1.62. The predicted molar refractivity (Wildman–Crippen MR) is 93.8 cm³/mol. The summed E-state index contributed by atoms with van der Waals surface area (Å²) in [4.78, 5) is 23.0. The van der Waals surface area contributed by atoms with Gasteiger partial charge in [-0.3, -0.25) is 9.98 Å². The van der Waals surface area contributed by atoms with E-state index in [1.54, 1.807) is 13.1 Å². The van der Waals surface area contributed by atoms with E-state index in [2.05, 4.69) is 14.7 Å². The Morgan fingerprint density at radius 1 is 1.60 bits per heavy atom. The Labute approximate surface area is 147 Å². The first-order chi connectivity index (χ1) is 12.1. The van der Waals surface area contributed by atoms with E-state index in [-0.39, 0.29) is 31.5 Å². The molecule has 1 saturated heterocycles. The molecule has 1 N–H and O–H groups in total. The molecule has 2 atom stereocenters. The van der Waals surface area contributed by atoms with Crippen LogP contribution in [-0.4, -0.2) is 52.4 Å². The van der Waals surface area contributed by atoms with Crippen molar-refractivity contribution < 1.29 is 18.1 Å². The molecule has 0 bridgehead atoms. The maximum Gasteiger partial charge on any atom is 0.337 e. The van der Waals surface area contributed by atoms with Crippen molar-refractivity contribution in [1.29, 1.82) is 0 Å². The van der Waals surface area contributed by atoms with Crippen LogP contribution in [0, 0.1) is 0 Å². The summed E-state index contributed by atoms with van der Waals surface area (Å²) in [6, 6.07) is -0.199. The standard InChI is InChI=1S/C16H19FN4O3S/c1-2-24-16(22)12-9-19-15(13-4-3-6-18-13)21-10-11(8-14(12)21)20-25(23)7-5-17/h3,5-7,11,20H,2,4,8-10H2,1H3/b7-5+. The number of esters is 1. The number of hydrogen-bond acceptors (Lipinski definition) is 6. The monoisotopic (exact) mass is 366 g/mol. The summed E-state index contributed by atoms with van der Waals surface area (Å²) in [6.45, 7) is 2.75. The smallest absolute Gasteiger partial charge is 0.337 e. The number of hydrogen-bond donors (Lipinski definition) is 1. The Morgan fingerprint density at radius 2 is 2.44 bits per heavy atom. The molecule has 25 heavy (non-hydrogen) atoms. The number of halogens is 1. The molecular formula is C16H19FN4O3S. The lowest BCUT2D eigenvalue weighted by atomic mass is 10.1. The van der Waals surface area contributed by atoms with Gasteiger partial charge >= 0.3 is 5.97 Å². The fourth-order valence-electron chi connectivity index (χ4n) is 3.06. The molecule has 0 radical (unpaired) electrons. The van der Waals surface area contributed by atoms with Gasteiger partial charge in [-0.1, -0.05) is 6.08 Å². The number of carbonyl (C=O) groups excluding carboxylic acids is 1. The van der Waals surface area contributed by atoms with Crippen molar-refractivity contribution in [2.24, 2.45) is 9.98 Å². The molecule has 9 heteroatoms. The summed E-state index contributed by atoms with van der Waals surface area (Å²) in [5, 5.41) is 0.942. The third-order valence-corrected chi connectivity index (χ3v) is 4.96. The number of rotatable bonds is 6. The average molecular weight is 366 g/mol. The molecule has 2 unspecified atom stereocenters. The van der Waals surface area contributed by atoms with E-state index < -0.39 is 11.0 Å². The van der Waals surface area contributed by atoms with Crippen LogP contribution in [0.5, 0.6) is 0 Å². The largest absolute Gasteiger partial charge is 0.463 e. The topological polar surface area (TPSA) is 83.4 Å². The zero-order chi connectivity index (χ0) is 17.8. The number of ether oxygens (including phenoxy) is 1. The lowest BCUT2D eigenvalue weighted by Crippen LogP contribution is -2.40. The van der Waals surface area contributed by atoms with Crippen molar-refractivity contribution in [3.05, 3.63) is 35.3 Å². The van der Waals surface area contributed by atoms with Crippen LogP contribution >= 0.6 is 0 Å². The van der Waals surface area contributed by atoms with Gasteiger partial charge < -0.3 is 9.64 Å². The summed E-state index contributed by atoms with van der Waals surface area (Å²) in [7, 11) is -1.62. The fourth-order valence-corrected chi connectivity index (χ4v) is 3.71. The third kappa shape index (κ3) is 3.77. The van der Waals surface area contributed by atoms with Crippen molar-refractivity contribution in [3.8, 4) is 0 Å². The maximum atomic E-state index is 12.2. The van der Waals surface area contributed by atoms with Crippen molar-refractivity contribution in [3.63, 3.8) is 0 Å². The number of allylic oxidation sites excluding steroid dienone is 1. The Morgan fingerprint density at radius 3 is 3.12 bits per heavy atom. The van der Waals surface area contributed by atoms with Crippen LogP contribution in [0.25, 0.3) is 0 Å². The molecule has 0 aromatic heterocycles. The fraction of sp³-hybridized carbons (Fsp3) is 0.438. The number of fused-ring (bicyclic) bond motifs is 1. The quantitative estimate of drug-likeness (QED) is 0.719. The van der Waals surface area contributed by atoms with E-state index in [4.69, 9.17) is 4.74 Å². The van der Waals surface area contributed by atoms with E-state index in [1.165, 1.54) is 0 Å². The molecule has 3 rings (SSSR count). The van der Waals surface area contributed by atoms with E-state index in [1.807, 2.05) is 11.0 Å². The van der Waals surface area contributed by atoms with Gasteiger partial charge in [-0.05, 0) is 6.92 Å². The number of amidine groups is 1. The lowest BCUT2D eigenvalue weighted by molar-refractivity contribution is -0.138. The molecular weight excluding hydrogens is 347 g/mol. The van der Waals surface area contributed by atoms with Gasteiger partial charge in [-0.15, -0.1) is 0 Å². The molecule has 0 aliphatic carbocycles. The highest BCUT2D eigenvalue weighted by Crippen LogP contribution is 2.30. The van der Waals surface area contributed by atoms with E-state index >= 15 is 0 Å². The van der Waals surface area contributed by atoms with Gasteiger partial charge in [0.15, 0.2) is 5.84 Å². The van der Waals surface area contributed by atoms with Gasteiger partial charge in [0.25, 0.3) is 0 Å². The second-order valence-corrected chi connectivity index (χ2v) is 6.74. The van der Waals surface area contributed by atoms with Gasteiger partial charge in [-0.25, -0.2) is 18.1 Å². The summed E-state index contributed by atoms with van der Waals surface area (Å²) in [5.74, 6) is 0.339. The van der Waals surface area contributed by atoms with E-state index in [0.29, 0.717) is 25.0 Å². The molecule has 3 aliphatic rings. The van der Waals surface area contributed by atoms with Crippen LogP contribution in [-0.2, 0) is 20.5 Å². The Balaban J connectivity index is 1.85. The van der Waals surface area contributed by atoms with Gasteiger partial charge in [0.05, 0.1) is 30.8 Å². The SMILES string of the molecule is CCOC(=O)C1=C2CC(NS(=O)/C=C/F)CN2C(C2=NC=CC2)=NC1. The molecule has 0 spiro atoms. The van der Waals surface area contributed by atoms with Crippen LogP contribution in [0.15, 0.2) is 45.3 Å². The molecule has 3 aliphatic heterocycles. The minimum Gasteiger partial charge on any atom is -0.463 e. The lowest BCUT2D eigenvalue weighted by Gasteiger charge is -2.28. The van der Waals surface area contributed by atoms with Crippen LogP contribution in [0.1, 0.15) is 19.8 Å². The normalized spacial score (nSPS) is 23.8. The summed E-state index contributed by atoms with van der Waals surface area (Å²) in [6.07, 6.45) is 5.09. The predicted octanol–water partition coefficient (Wildman–Crippen LogP) is 1.34. The highest BCUT2D eigenvalue weighted by atomic mass is 32.2. The molecule has 7 nitrogen and oxygen atoms in total. The number of nitrogens with one attached hydrogen (secondary N) is 1. The van der Waals surface area contributed by atoms with Crippen LogP contribution < -0.4 is 4.72 Å². The second kappa shape index (κ2) is 7.83. The van der Waals surface area contributed by atoms with Crippen molar-refractivity contribution >= 4 is 28.5 Å². The summed E-state index contributed by atoms with van der Waals surface area (Å²) in [5.41, 5.74) is 2.15. The first-order valence-corrected chi connectivity index (χ1v) is 9.22. The Hall–Kier alpha value is -2.13. The number of nitrogens with zero attached hydrogens (tertiary/aromatic N) is 3. The maximum absolute atomic E-state index is 12.2. The molecule has 0 aromatic carbocycles. The highest BCUT2D eigenvalue weighted by molar-refractivity contribution is 7.86. The van der Waals surface area contributed by atoms with Crippen LogP contribution in [0.2, 0.25) is 0 Å². The van der Waals surface area contributed by atoms with Gasteiger partial charge in [0, 0.05) is 42.7 Å². The molecule has 0 saturated carbocycles. The molecule has 0 amide bonds. The Bertz CT molecular complexity index is 742. The van der Waals surface area contributed by atoms with E-state index in [9.17, 15) is 13.4 Å². The van der Waals surface area contributed by atoms with Crippen molar-refractivity contribution in [1.82, 2.24) is 9.62 Å². The molecule has 1 fully saturated rings. The zero-order valence-electron chi connectivity index (χ0n) is 13.8. The van der Waals surface area contributed by atoms with Crippen molar-refractivity contribution in [2.45, 2.75) is 25.8 Å². The Kier molecular flexibility index (Phi) is 5.54. The van der Waals surface area contributed by atoms with Gasteiger partial charge in [-0.2, -0.15) is 0 Å². The molecule has 3 heterocycles. The summed E-state index contributed by atoms with van der Waals surface area (Å²) >= 11 is 0. The van der Waals surface area contributed by atoms with Crippen LogP contribution in [0.3, 0.4) is 0 Å². The highest BCUT2D eigenvalue weighted by Gasteiger charge is 2.38. The first kappa shape index (κ1) is 17.7. The number of carbonyl (C=O) groups is 1. The van der Waals surface area contributed by atoms with Gasteiger partial charge in [0.2, 0.25) is 0 Å². The van der Waals surface area contributed by atoms with Crippen molar-refractivity contribution in [2.75, 3.05) is 19.7 Å². The van der Waals surface area contributed by atoms with Gasteiger partial charge in [0.1, 0.15) is 11.0 Å². The van der Waals surface area contributed by atoms with Crippen LogP contribution in [0.4, 0.5) is 4.39 Å². The minimum absolute atomic E-state index is 0.199. The average Bonchev–Trinajstić information content (AvgIpc) is 3.23. The van der Waals surface area contributed by atoms with E-state index in [0.717, 1.165) is 22.7 Å². The number of aliphatic imine (C=N–C) groups is 2. The summed E-state index contributed by atoms with van der Waals surface area (Å²) < 4.78 is 31.9. The zero-order valence-corrected chi connectivity index (χ0v) is 14.6. The molecule has 134 valence electrons. The second-order valence-electron chi connectivity index (χ2n) is 5.64. The first-order valence-electron chi connectivity index (χ1n) is 8.00. The molecule has 0 aromatic rings.